The molecule has 0 atom stereocenters. The second-order valence-electron chi connectivity index (χ2n) is 8.04. The number of nitriles is 1. The van der Waals surface area contributed by atoms with Crippen molar-refractivity contribution >= 4 is 23.3 Å². The fourth-order valence-electron chi connectivity index (χ4n) is 3.58. The molecular formula is C25H25F2N5O2. The molecule has 0 fully saturated rings. The maximum atomic E-state index is 13.3. The molecule has 0 aliphatic rings. The fourth-order valence-corrected chi connectivity index (χ4v) is 3.58. The fraction of sp³-hybridized carbons (Fsp3) is 0.240. The molecule has 0 saturated heterocycles. The number of hydrogen-bond donors (Lipinski definition) is 2. The number of anilines is 2. The van der Waals surface area contributed by atoms with Gasteiger partial charge in [-0.3, -0.25) is 14.5 Å². The summed E-state index contributed by atoms with van der Waals surface area (Å²) in [5.74, 6) is -1.27. The van der Waals surface area contributed by atoms with E-state index in [-0.39, 0.29) is 18.9 Å². The van der Waals surface area contributed by atoms with Crippen LogP contribution in [0.15, 0.2) is 48.5 Å². The van der Waals surface area contributed by atoms with Crippen molar-refractivity contribution in [3.63, 3.8) is 0 Å². The number of aromatic nitrogens is 1. The van der Waals surface area contributed by atoms with Gasteiger partial charge in [0.25, 0.3) is 0 Å². The molecule has 0 spiro atoms. The van der Waals surface area contributed by atoms with E-state index in [4.69, 9.17) is 0 Å². The van der Waals surface area contributed by atoms with Gasteiger partial charge < -0.3 is 15.2 Å². The summed E-state index contributed by atoms with van der Waals surface area (Å²) in [7, 11) is 1.60. The molecule has 176 valence electrons. The molecule has 2 aromatic carbocycles. The largest absolute Gasteiger partial charge is 0.326 e. The zero-order chi connectivity index (χ0) is 24.8. The van der Waals surface area contributed by atoms with Crippen LogP contribution in [0.2, 0.25) is 0 Å². The van der Waals surface area contributed by atoms with Crippen molar-refractivity contribution in [2.75, 3.05) is 30.8 Å². The monoisotopic (exact) mass is 465 g/mol. The van der Waals surface area contributed by atoms with E-state index in [0.717, 1.165) is 16.8 Å². The van der Waals surface area contributed by atoms with Crippen LogP contribution in [0.25, 0.3) is 0 Å². The molecule has 1 aromatic heterocycles. The minimum Gasteiger partial charge on any atom is -0.326 e. The lowest BCUT2D eigenvalue weighted by Crippen LogP contribution is -2.36. The number of amides is 2. The van der Waals surface area contributed by atoms with Crippen molar-refractivity contribution in [3.05, 3.63) is 82.5 Å². The van der Waals surface area contributed by atoms with E-state index in [1.165, 1.54) is 35.2 Å². The molecule has 0 bridgehead atoms. The first kappa shape index (κ1) is 24.6. The van der Waals surface area contributed by atoms with Gasteiger partial charge in [0.1, 0.15) is 23.5 Å². The van der Waals surface area contributed by atoms with Crippen molar-refractivity contribution in [1.29, 1.82) is 5.26 Å². The standard InChI is InChI=1S/C25H25F2N5O2/c1-16-17(2)32(13-18-7-9-19(26)10-8-18)25(22(16)12-28)30-24(34)15-31(3)14-23(33)29-21-6-4-5-20(27)11-21/h4-11H,13-15H2,1-3H3,(H,29,33)(H,30,34). The van der Waals surface area contributed by atoms with Crippen LogP contribution in [0.3, 0.4) is 0 Å². The van der Waals surface area contributed by atoms with E-state index in [9.17, 15) is 23.6 Å². The Morgan fingerprint density at radius 2 is 1.65 bits per heavy atom. The summed E-state index contributed by atoms with van der Waals surface area (Å²) in [6.45, 7) is 3.78. The van der Waals surface area contributed by atoms with Gasteiger partial charge in [0.2, 0.25) is 11.8 Å². The molecule has 9 heteroatoms. The van der Waals surface area contributed by atoms with Crippen molar-refractivity contribution in [2.24, 2.45) is 0 Å². The van der Waals surface area contributed by atoms with Crippen LogP contribution in [0.1, 0.15) is 22.4 Å². The summed E-state index contributed by atoms with van der Waals surface area (Å²) >= 11 is 0. The van der Waals surface area contributed by atoms with Crippen molar-refractivity contribution < 1.29 is 18.4 Å². The lowest BCUT2D eigenvalue weighted by Gasteiger charge is -2.17. The van der Waals surface area contributed by atoms with Crippen molar-refractivity contribution in [1.82, 2.24) is 9.47 Å². The number of nitrogens with one attached hydrogen (secondary N) is 2. The number of rotatable bonds is 8. The van der Waals surface area contributed by atoms with E-state index >= 15 is 0 Å². The van der Waals surface area contributed by atoms with E-state index in [2.05, 4.69) is 16.7 Å². The molecule has 0 radical (unpaired) electrons. The second-order valence-corrected chi connectivity index (χ2v) is 8.04. The number of likely N-dealkylation sites (N-methyl/N-ethyl adjacent to an activating group) is 1. The zero-order valence-corrected chi connectivity index (χ0v) is 19.2. The Bertz CT molecular complexity index is 1250. The normalized spacial score (nSPS) is 10.7. The van der Waals surface area contributed by atoms with E-state index in [1.54, 1.807) is 36.7 Å². The quantitative estimate of drug-likeness (QED) is 0.529. The first-order chi connectivity index (χ1) is 16.2. The maximum Gasteiger partial charge on any atom is 0.239 e. The van der Waals surface area contributed by atoms with Crippen molar-refractivity contribution in [3.8, 4) is 6.07 Å². The molecule has 0 aliphatic carbocycles. The molecule has 2 N–H and O–H groups in total. The Balaban J connectivity index is 1.68. The second kappa shape index (κ2) is 10.7. The number of halogens is 2. The summed E-state index contributed by atoms with van der Waals surface area (Å²) in [5.41, 5.74) is 3.03. The average Bonchev–Trinajstić information content (AvgIpc) is 2.98. The smallest absolute Gasteiger partial charge is 0.239 e. The minimum atomic E-state index is -0.465. The molecule has 0 unspecified atom stereocenters. The highest BCUT2D eigenvalue weighted by Crippen LogP contribution is 2.27. The highest BCUT2D eigenvalue weighted by Gasteiger charge is 2.21. The van der Waals surface area contributed by atoms with Gasteiger partial charge >= 0.3 is 0 Å². The Morgan fingerprint density at radius 3 is 2.26 bits per heavy atom. The first-order valence-electron chi connectivity index (χ1n) is 10.6. The summed E-state index contributed by atoms with van der Waals surface area (Å²) in [5, 5.41) is 15.0. The highest BCUT2D eigenvalue weighted by atomic mass is 19.1. The van der Waals surface area contributed by atoms with Gasteiger partial charge in [-0.2, -0.15) is 5.26 Å². The zero-order valence-electron chi connectivity index (χ0n) is 19.2. The third-order valence-electron chi connectivity index (χ3n) is 5.39. The average molecular weight is 466 g/mol. The van der Waals surface area contributed by atoms with Gasteiger partial charge in [-0.25, -0.2) is 8.78 Å². The first-order valence-corrected chi connectivity index (χ1v) is 10.6. The Kier molecular flexibility index (Phi) is 7.76. The van der Waals surface area contributed by atoms with Crippen LogP contribution in [-0.2, 0) is 16.1 Å². The highest BCUT2D eigenvalue weighted by molar-refractivity contribution is 5.95. The molecule has 3 rings (SSSR count). The molecule has 0 aliphatic heterocycles. The van der Waals surface area contributed by atoms with Crippen LogP contribution < -0.4 is 10.6 Å². The van der Waals surface area contributed by atoms with Gasteiger partial charge in [0, 0.05) is 17.9 Å². The topological polar surface area (TPSA) is 90.2 Å². The Hall–Kier alpha value is -4.03. The summed E-state index contributed by atoms with van der Waals surface area (Å²) in [6.07, 6.45) is 0. The Morgan fingerprint density at radius 1 is 1.00 bits per heavy atom. The van der Waals surface area contributed by atoms with Crippen LogP contribution in [0.4, 0.5) is 20.3 Å². The SMILES string of the molecule is Cc1c(C#N)c(NC(=O)CN(C)CC(=O)Nc2cccc(F)c2)n(Cc2ccc(F)cc2)c1C. The van der Waals surface area contributed by atoms with E-state index < -0.39 is 17.6 Å². The molecule has 34 heavy (non-hydrogen) atoms. The number of carbonyl (C=O) groups excluding carboxylic acids is 2. The molecule has 0 saturated carbocycles. The molecular weight excluding hydrogens is 440 g/mol. The van der Waals surface area contributed by atoms with Crippen LogP contribution in [0.5, 0.6) is 0 Å². The predicted molar refractivity (Wildman–Crippen MR) is 125 cm³/mol. The van der Waals surface area contributed by atoms with Crippen LogP contribution in [0, 0.1) is 36.8 Å². The maximum absolute atomic E-state index is 13.3. The third-order valence-corrected chi connectivity index (χ3v) is 5.39. The van der Waals surface area contributed by atoms with E-state index in [1.807, 2.05) is 6.92 Å². The van der Waals surface area contributed by atoms with Gasteiger partial charge in [-0.05, 0) is 62.4 Å². The molecule has 7 nitrogen and oxygen atoms in total. The lowest BCUT2D eigenvalue weighted by molar-refractivity contribution is -0.119. The predicted octanol–water partition coefficient (Wildman–Crippen LogP) is 3.81. The van der Waals surface area contributed by atoms with Gasteiger partial charge in [-0.15, -0.1) is 0 Å². The summed E-state index contributed by atoms with van der Waals surface area (Å²) < 4.78 is 28.4. The molecule has 3 aromatic rings. The number of carbonyl (C=O) groups is 2. The van der Waals surface area contributed by atoms with E-state index in [0.29, 0.717) is 23.6 Å². The summed E-state index contributed by atoms with van der Waals surface area (Å²) in [4.78, 5) is 26.5. The van der Waals surface area contributed by atoms with Gasteiger partial charge in [0.05, 0.1) is 18.7 Å². The lowest BCUT2D eigenvalue weighted by atomic mass is 10.2. The van der Waals surface area contributed by atoms with Crippen LogP contribution in [-0.4, -0.2) is 41.4 Å². The Labute approximate surface area is 196 Å². The third kappa shape index (κ3) is 6.05. The number of hydrogen-bond acceptors (Lipinski definition) is 4. The van der Waals surface area contributed by atoms with Crippen molar-refractivity contribution in [2.45, 2.75) is 20.4 Å². The summed E-state index contributed by atoms with van der Waals surface area (Å²) in [6, 6.07) is 13.7. The van der Waals surface area contributed by atoms with Gasteiger partial charge in [-0.1, -0.05) is 18.2 Å². The molecule has 2 amide bonds. The van der Waals surface area contributed by atoms with Crippen LogP contribution >= 0.6 is 0 Å². The number of benzene rings is 2. The number of nitrogens with zero attached hydrogens (tertiary/aromatic N) is 3. The minimum absolute atomic E-state index is 0.0936. The van der Waals surface area contributed by atoms with Gasteiger partial charge in [0.15, 0.2) is 0 Å². The molecule has 1 heterocycles.